The molecule has 1 aromatic heterocycles. The van der Waals surface area contributed by atoms with Crippen LogP contribution in [0.15, 0.2) is 41.4 Å². The summed E-state index contributed by atoms with van der Waals surface area (Å²) in [6.45, 7) is 3.08. The first kappa shape index (κ1) is 20.1. The third kappa shape index (κ3) is 5.37. The van der Waals surface area contributed by atoms with E-state index in [4.69, 9.17) is 14.2 Å². The van der Waals surface area contributed by atoms with E-state index >= 15 is 0 Å². The molecule has 1 heterocycles. The lowest BCUT2D eigenvalue weighted by Crippen LogP contribution is -2.07. The van der Waals surface area contributed by atoms with Gasteiger partial charge in [-0.2, -0.15) is 0 Å². The number of aromatic nitrogens is 1. The van der Waals surface area contributed by atoms with Gasteiger partial charge >= 0.3 is 5.97 Å². The zero-order valence-corrected chi connectivity index (χ0v) is 16.0. The standard InChI is InChI=1S/C19H23NO5S/c1-14-17(20-9-8-18(14)25-11-5-10-23-2)13-26(22)16-7-4-6-15(12-16)19(21)24-3/h4,6-9,12H,5,10-11,13H2,1-3H3. The second-order valence-corrected chi connectivity index (χ2v) is 7.04. The van der Waals surface area contributed by atoms with Crippen LogP contribution in [-0.2, 0) is 26.0 Å². The van der Waals surface area contributed by atoms with Crippen molar-refractivity contribution in [3.63, 3.8) is 0 Å². The third-order valence-corrected chi connectivity index (χ3v) is 5.11. The Kier molecular flexibility index (Phi) is 7.74. The van der Waals surface area contributed by atoms with E-state index in [-0.39, 0.29) is 5.75 Å². The maximum absolute atomic E-state index is 12.7. The molecule has 140 valence electrons. The third-order valence-electron chi connectivity index (χ3n) is 3.79. The van der Waals surface area contributed by atoms with E-state index in [0.717, 1.165) is 17.7 Å². The van der Waals surface area contributed by atoms with Gasteiger partial charge in [-0.1, -0.05) is 6.07 Å². The van der Waals surface area contributed by atoms with Crippen molar-refractivity contribution in [2.75, 3.05) is 27.4 Å². The summed E-state index contributed by atoms with van der Waals surface area (Å²) < 4.78 is 28.2. The van der Waals surface area contributed by atoms with Gasteiger partial charge in [-0.3, -0.25) is 9.19 Å². The highest BCUT2D eigenvalue weighted by Gasteiger charge is 2.14. The summed E-state index contributed by atoms with van der Waals surface area (Å²) in [7, 11) is 1.63. The Balaban J connectivity index is 2.10. The van der Waals surface area contributed by atoms with E-state index < -0.39 is 16.8 Å². The Morgan fingerprint density at radius 2 is 2.00 bits per heavy atom. The first-order valence-electron chi connectivity index (χ1n) is 8.19. The van der Waals surface area contributed by atoms with Crippen LogP contribution >= 0.6 is 0 Å². The van der Waals surface area contributed by atoms with Crippen LogP contribution in [0.3, 0.4) is 0 Å². The lowest BCUT2D eigenvalue weighted by molar-refractivity contribution is 0.0600. The molecule has 6 nitrogen and oxygen atoms in total. The fourth-order valence-electron chi connectivity index (χ4n) is 2.34. The van der Waals surface area contributed by atoms with Gasteiger partial charge in [0.2, 0.25) is 0 Å². The molecule has 0 bridgehead atoms. The van der Waals surface area contributed by atoms with Gasteiger partial charge in [0.15, 0.2) is 0 Å². The van der Waals surface area contributed by atoms with Crippen LogP contribution in [-0.4, -0.2) is 42.6 Å². The van der Waals surface area contributed by atoms with Crippen molar-refractivity contribution in [3.05, 3.63) is 53.3 Å². The molecule has 1 atom stereocenters. The van der Waals surface area contributed by atoms with Gasteiger partial charge < -0.3 is 14.2 Å². The smallest absolute Gasteiger partial charge is 0.337 e. The predicted octanol–water partition coefficient (Wildman–Crippen LogP) is 2.90. The second-order valence-electron chi connectivity index (χ2n) is 5.58. The Morgan fingerprint density at radius 1 is 1.19 bits per heavy atom. The van der Waals surface area contributed by atoms with Crippen molar-refractivity contribution in [3.8, 4) is 5.75 Å². The van der Waals surface area contributed by atoms with Crippen molar-refractivity contribution in [1.29, 1.82) is 0 Å². The Labute approximate surface area is 156 Å². The van der Waals surface area contributed by atoms with Crippen LogP contribution in [0.2, 0.25) is 0 Å². The van der Waals surface area contributed by atoms with Crippen molar-refractivity contribution in [2.24, 2.45) is 0 Å². The molecule has 2 aromatic rings. The van der Waals surface area contributed by atoms with Crippen LogP contribution in [0, 0.1) is 6.92 Å². The number of carbonyl (C=O) groups is 1. The van der Waals surface area contributed by atoms with Crippen LogP contribution in [0.1, 0.15) is 28.0 Å². The Bertz CT molecular complexity index is 778. The maximum Gasteiger partial charge on any atom is 0.337 e. The minimum absolute atomic E-state index is 0.242. The fraction of sp³-hybridized carbons (Fsp3) is 0.368. The lowest BCUT2D eigenvalue weighted by Gasteiger charge is -2.12. The number of esters is 1. The number of benzene rings is 1. The molecule has 0 aliphatic rings. The minimum Gasteiger partial charge on any atom is -0.493 e. The number of carbonyl (C=O) groups excluding carboxylic acids is 1. The van der Waals surface area contributed by atoms with Crippen LogP contribution in [0.4, 0.5) is 0 Å². The van der Waals surface area contributed by atoms with E-state index in [0.29, 0.717) is 29.4 Å². The monoisotopic (exact) mass is 377 g/mol. The van der Waals surface area contributed by atoms with Gasteiger partial charge in [0.25, 0.3) is 0 Å². The van der Waals surface area contributed by atoms with E-state index in [2.05, 4.69) is 4.98 Å². The topological polar surface area (TPSA) is 74.7 Å². The van der Waals surface area contributed by atoms with Crippen molar-refractivity contribution < 1.29 is 23.2 Å². The lowest BCUT2D eigenvalue weighted by atomic mass is 10.2. The summed E-state index contributed by atoms with van der Waals surface area (Å²) in [5.74, 6) is 0.516. The molecule has 0 saturated heterocycles. The van der Waals surface area contributed by atoms with Gasteiger partial charge in [-0.25, -0.2) is 4.79 Å². The number of hydrogen-bond donors (Lipinski definition) is 0. The van der Waals surface area contributed by atoms with E-state index in [1.165, 1.54) is 7.11 Å². The zero-order valence-electron chi connectivity index (χ0n) is 15.2. The summed E-state index contributed by atoms with van der Waals surface area (Å²) >= 11 is 0. The molecule has 0 saturated carbocycles. The molecule has 0 N–H and O–H groups in total. The summed E-state index contributed by atoms with van der Waals surface area (Å²) in [6, 6.07) is 8.43. The second kappa shape index (κ2) is 10.0. The van der Waals surface area contributed by atoms with Crippen molar-refractivity contribution >= 4 is 16.8 Å². The van der Waals surface area contributed by atoms with Crippen molar-refractivity contribution in [2.45, 2.75) is 24.0 Å². The predicted molar refractivity (Wildman–Crippen MR) is 98.9 cm³/mol. The fourth-order valence-corrected chi connectivity index (χ4v) is 3.53. The van der Waals surface area contributed by atoms with Crippen LogP contribution in [0.25, 0.3) is 0 Å². The molecule has 0 fully saturated rings. The van der Waals surface area contributed by atoms with Gasteiger partial charge in [0.05, 0.1) is 41.5 Å². The van der Waals surface area contributed by atoms with Crippen LogP contribution < -0.4 is 4.74 Å². The summed E-state index contributed by atoms with van der Waals surface area (Å²) in [4.78, 5) is 16.5. The summed E-state index contributed by atoms with van der Waals surface area (Å²) in [6.07, 6.45) is 2.44. The number of pyridine rings is 1. The molecule has 0 radical (unpaired) electrons. The van der Waals surface area contributed by atoms with Gasteiger partial charge in [-0.05, 0) is 31.2 Å². The quantitative estimate of drug-likeness (QED) is 0.494. The SMILES string of the molecule is COCCCOc1ccnc(CS(=O)c2cccc(C(=O)OC)c2)c1C. The average molecular weight is 377 g/mol. The van der Waals surface area contributed by atoms with Crippen LogP contribution in [0.5, 0.6) is 5.75 Å². The summed E-state index contributed by atoms with van der Waals surface area (Å²) in [5, 5.41) is 0. The first-order chi connectivity index (χ1) is 12.6. The average Bonchev–Trinajstić information content (AvgIpc) is 2.67. The maximum atomic E-state index is 12.7. The Morgan fingerprint density at radius 3 is 2.73 bits per heavy atom. The number of methoxy groups -OCH3 is 2. The summed E-state index contributed by atoms with van der Waals surface area (Å²) in [5.41, 5.74) is 1.94. The number of nitrogens with zero attached hydrogens (tertiary/aromatic N) is 1. The van der Waals surface area contributed by atoms with E-state index in [9.17, 15) is 9.00 Å². The normalized spacial score (nSPS) is 11.8. The largest absolute Gasteiger partial charge is 0.493 e. The molecule has 1 aromatic carbocycles. The molecular formula is C19H23NO5S. The van der Waals surface area contributed by atoms with Gasteiger partial charge in [0, 0.05) is 36.8 Å². The Hall–Kier alpha value is -2.25. The molecule has 0 aliphatic carbocycles. The molecule has 0 amide bonds. The van der Waals surface area contributed by atoms with Gasteiger partial charge in [0.1, 0.15) is 5.75 Å². The van der Waals surface area contributed by atoms with E-state index in [1.807, 2.05) is 6.92 Å². The highest BCUT2D eigenvalue weighted by molar-refractivity contribution is 7.84. The molecule has 2 rings (SSSR count). The minimum atomic E-state index is -1.34. The number of hydrogen-bond acceptors (Lipinski definition) is 6. The molecular weight excluding hydrogens is 354 g/mol. The molecule has 7 heteroatoms. The number of ether oxygens (including phenoxy) is 3. The van der Waals surface area contributed by atoms with Gasteiger partial charge in [-0.15, -0.1) is 0 Å². The molecule has 1 unspecified atom stereocenters. The number of rotatable bonds is 9. The van der Waals surface area contributed by atoms with Crippen molar-refractivity contribution in [1.82, 2.24) is 4.98 Å². The molecule has 0 spiro atoms. The van der Waals surface area contributed by atoms with E-state index in [1.54, 1.807) is 43.6 Å². The zero-order chi connectivity index (χ0) is 18.9. The first-order valence-corrected chi connectivity index (χ1v) is 9.51. The highest BCUT2D eigenvalue weighted by Crippen LogP contribution is 2.22. The molecule has 26 heavy (non-hydrogen) atoms. The molecule has 0 aliphatic heterocycles. The highest BCUT2D eigenvalue weighted by atomic mass is 32.2.